The summed E-state index contributed by atoms with van der Waals surface area (Å²) in [5, 5.41) is 10.6. The standard InChI is InChI=1S/C73H142O17P2/c1-8-9-10-11-12-23-33-40-47-54-70(75)83-60-69(90-73(78)57-50-43-36-29-28-32-39-46-53-66(6)7)63-88-92(81,82)86-59-67(74)58-85-91(79,80)87-62-68(61-84-71(76)55-48-41-34-26-21-18-17-20-25-31-38-45-52-65(4)5)89-72(77)56-49-42-35-27-22-16-14-13-15-19-24-30-37-44-51-64(2)3/h64-69,74H,8-63H2,1-7H3,(H,79,80)(H,81,82)/t67-,68-,69-/m1/s1. The number of esters is 4. The Bertz CT molecular complexity index is 1800. The van der Waals surface area contributed by atoms with Crippen molar-refractivity contribution in [1.82, 2.24) is 0 Å². The number of phosphoric ester groups is 2. The third-order valence-corrected chi connectivity index (χ3v) is 18.8. The van der Waals surface area contributed by atoms with Crippen LogP contribution in [0.3, 0.4) is 0 Å². The summed E-state index contributed by atoms with van der Waals surface area (Å²) in [4.78, 5) is 72.6. The van der Waals surface area contributed by atoms with Gasteiger partial charge >= 0.3 is 39.5 Å². The van der Waals surface area contributed by atoms with Gasteiger partial charge in [-0.1, -0.05) is 318 Å². The summed E-state index contributed by atoms with van der Waals surface area (Å²) in [7, 11) is -9.90. The molecule has 0 heterocycles. The van der Waals surface area contributed by atoms with E-state index in [1.807, 2.05) is 0 Å². The molecule has 0 aromatic rings. The lowest BCUT2D eigenvalue weighted by molar-refractivity contribution is -0.161. The van der Waals surface area contributed by atoms with Crippen molar-refractivity contribution in [3.63, 3.8) is 0 Å². The van der Waals surface area contributed by atoms with Gasteiger partial charge in [-0.15, -0.1) is 0 Å². The van der Waals surface area contributed by atoms with Crippen LogP contribution in [0.1, 0.15) is 370 Å². The molecule has 0 aromatic carbocycles. The molecule has 19 heteroatoms. The average Bonchev–Trinajstić information content (AvgIpc) is 1.81. The highest BCUT2D eigenvalue weighted by atomic mass is 31.2. The van der Waals surface area contributed by atoms with Crippen molar-refractivity contribution in [2.45, 2.75) is 388 Å². The molecule has 17 nitrogen and oxygen atoms in total. The maximum Gasteiger partial charge on any atom is 0.472 e. The van der Waals surface area contributed by atoms with Crippen LogP contribution < -0.4 is 0 Å². The second kappa shape index (κ2) is 63.8. The monoisotopic (exact) mass is 1350 g/mol. The highest BCUT2D eigenvalue weighted by Crippen LogP contribution is 2.45. The molecule has 0 saturated heterocycles. The van der Waals surface area contributed by atoms with Crippen LogP contribution in [0, 0.1) is 17.8 Å². The van der Waals surface area contributed by atoms with Gasteiger partial charge in [0, 0.05) is 25.7 Å². The van der Waals surface area contributed by atoms with E-state index in [4.69, 9.17) is 37.0 Å². The number of phosphoric acid groups is 2. The molecule has 0 amide bonds. The van der Waals surface area contributed by atoms with Crippen molar-refractivity contribution in [3.8, 4) is 0 Å². The Hall–Kier alpha value is -1.94. The fraction of sp³-hybridized carbons (Fsp3) is 0.945. The Morgan fingerprint density at radius 3 is 0.739 bits per heavy atom. The van der Waals surface area contributed by atoms with Gasteiger partial charge in [0.2, 0.25) is 0 Å². The number of ether oxygens (including phenoxy) is 4. The molecule has 0 aliphatic rings. The Morgan fingerprint density at radius 1 is 0.293 bits per heavy atom. The maximum absolute atomic E-state index is 13.1. The zero-order valence-electron chi connectivity index (χ0n) is 60.0. The summed E-state index contributed by atoms with van der Waals surface area (Å²) >= 11 is 0. The number of hydrogen-bond acceptors (Lipinski definition) is 15. The molecule has 92 heavy (non-hydrogen) atoms. The van der Waals surface area contributed by atoms with Crippen molar-refractivity contribution in [3.05, 3.63) is 0 Å². The van der Waals surface area contributed by atoms with E-state index in [0.29, 0.717) is 25.7 Å². The minimum absolute atomic E-state index is 0.104. The Kier molecular flexibility index (Phi) is 62.4. The van der Waals surface area contributed by atoms with E-state index in [0.717, 1.165) is 108 Å². The lowest BCUT2D eigenvalue weighted by Gasteiger charge is -2.21. The molecule has 0 aromatic heterocycles. The van der Waals surface area contributed by atoms with E-state index in [9.17, 15) is 43.2 Å². The van der Waals surface area contributed by atoms with E-state index in [1.54, 1.807) is 0 Å². The third kappa shape index (κ3) is 66.7. The van der Waals surface area contributed by atoms with Gasteiger partial charge in [0.05, 0.1) is 26.4 Å². The number of carbonyl (C=O) groups is 4. The molecule has 0 spiro atoms. The smallest absolute Gasteiger partial charge is 0.462 e. The van der Waals surface area contributed by atoms with Gasteiger partial charge in [0.25, 0.3) is 0 Å². The molecule has 0 bridgehead atoms. The summed E-state index contributed by atoms with van der Waals surface area (Å²) in [5.41, 5.74) is 0. The predicted octanol–water partition coefficient (Wildman–Crippen LogP) is 21.0. The quantitative estimate of drug-likeness (QED) is 0.0222. The molecule has 0 rings (SSSR count). The Labute approximate surface area is 562 Å². The summed E-state index contributed by atoms with van der Waals surface area (Å²) < 4.78 is 68.4. The molecule has 3 N–H and O–H groups in total. The maximum atomic E-state index is 13.1. The van der Waals surface area contributed by atoms with E-state index in [-0.39, 0.29) is 25.7 Å². The lowest BCUT2D eigenvalue weighted by atomic mass is 10.0. The molecular formula is C73H142O17P2. The number of carbonyl (C=O) groups excluding carboxylic acids is 4. The van der Waals surface area contributed by atoms with Crippen molar-refractivity contribution < 1.29 is 80.2 Å². The minimum atomic E-state index is -4.96. The number of hydrogen-bond donors (Lipinski definition) is 3. The molecule has 5 atom stereocenters. The fourth-order valence-electron chi connectivity index (χ4n) is 11.1. The first-order valence-electron chi connectivity index (χ1n) is 37.8. The zero-order valence-corrected chi connectivity index (χ0v) is 61.8. The predicted molar refractivity (Wildman–Crippen MR) is 372 cm³/mol. The number of aliphatic hydroxyl groups excluding tert-OH is 1. The van der Waals surface area contributed by atoms with Crippen LogP contribution in [0.2, 0.25) is 0 Å². The summed E-state index contributed by atoms with van der Waals surface area (Å²) in [6.45, 7) is 11.9. The second-order valence-electron chi connectivity index (χ2n) is 27.8. The van der Waals surface area contributed by atoms with Gasteiger partial charge in [-0.2, -0.15) is 0 Å². The first-order chi connectivity index (χ1) is 44.2. The third-order valence-electron chi connectivity index (χ3n) is 16.9. The fourth-order valence-corrected chi connectivity index (χ4v) is 12.7. The second-order valence-corrected chi connectivity index (χ2v) is 30.7. The van der Waals surface area contributed by atoms with E-state index in [1.165, 1.54) is 180 Å². The van der Waals surface area contributed by atoms with Crippen molar-refractivity contribution in [2.24, 2.45) is 17.8 Å². The average molecular weight is 1350 g/mol. The van der Waals surface area contributed by atoms with Gasteiger partial charge in [0.15, 0.2) is 12.2 Å². The molecule has 0 aliphatic carbocycles. The minimum Gasteiger partial charge on any atom is -0.462 e. The van der Waals surface area contributed by atoms with Crippen LogP contribution in [0.15, 0.2) is 0 Å². The van der Waals surface area contributed by atoms with Crippen LogP contribution in [0.5, 0.6) is 0 Å². The Balaban J connectivity index is 5.23. The number of rotatable bonds is 71. The van der Waals surface area contributed by atoms with E-state index >= 15 is 0 Å². The van der Waals surface area contributed by atoms with E-state index in [2.05, 4.69) is 48.5 Å². The summed E-state index contributed by atoms with van der Waals surface area (Å²) in [6.07, 6.45) is 48.6. The zero-order chi connectivity index (χ0) is 68.0. The lowest BCUT2D eigenvalue weighted by Crippen LogP contribution is -2.30. The largest absolute Gasteiger partial charge is 0.472 e. The molecule has 2 unspecified atom stereocenters. The van der Waals surface area contributed by atoms with Gasteiger partial charge in [-0.3, -0.25) is 37.3 Å². The van der Waals surface area contributed by atoms with Gasteiger partial charge in [-0.05, 0) is 43.4 Å². The van der Waals surface area contributed by atoms with Crippen LogP contribution in [0.4, 0.5) is 0 Å². The molecule has 0 saturated carbocycles. The van der Waals surface area contributed by atoms with Crippen molar-refractivity contribution >= 4 is 39.5 Å². The van der Waals surface area contributed by atoms with Crippen LogP contribution in [-0.2, 0) is 65.4 Å². The SMILES string of the molecule is CCCCCCCCCCCC(=O)OC[C@H](COP(=O)(O)OC[C@H](O)COP(=O)(O)OC[C@@H](COC(=O)CCCCCCCCCCCCCCC(C)C)OC(=O)CCCCCCCCCCCCCCCCC(C)C)OC(=O)CCCCCCCCCCC(C)C. The number of aliphatic hydroxyl groups is 1. The highest BCUT2D eigenvalue weighted by Gasteiger charge is 2.30. The van der Waals surface area contributed by atoms with Crippen LogP contribution >= 0.6 is 15.6 Å². The van der Waals surface area contributed by atoms with Gasteiger partial charge < -0.3 is 33.8 Å². The highest BCUT2D eigenvalue weighted by molar-refractivity contribution is 7.47. The molecular weight excluding hydrogens is 1210 g/mol. The molecule has 0 aliphatic heterocycles. The molecule has 0 radical (unpaired) electrons. The van der Waals surface area contributed by atoms with Crippen LogP contribution in [0.25, 0.3) is 0 Å². The van der Waals surface area contributed by atoms with Crippen molar-refractivity contribution in [2.75, 3.05) is 39.6 Å². The van der Waals surface area contributed by atoms with Crippen LogP contribution in [-0.4, -0.2) is 96.7 Å². The molecule has 0 fully saturated rings. The summed E-state index contributed by atoms with van der Waals surface area (Å²) in [6, 6.07) is 0. The Morgan fingerprint density at radius 2 is 0.500 bits per heavy atom. The normalized spacial score (nSPS) is 14.1. The van der Waals surface area contributed by atoms with E-state index < -0.39 is 97.5 Å². The first kappa shape index (κ1) is 90.1. The first-order valence-corrected chi connectivity index (χ1v) is 40.8. The number of unbranched alkanes of at least 4 members (excludes halogenated alkanes) is 39. The van der Waals surface area contributed by atoms with Gasteiger partial charge in [-0.25, -0.2) is 9.13 Å². The van der Waals surface area contributed by atoms with Crippen molar-refractivity contribution in [1.29, 1.82) is 0 Å². The summed E-state index contributed by atoms with van der Waals surface area (Å²) in [5.74, 6) is 0.171. The topological polar surface area (TPSA) is 237 Å². The molecule has 546 valence electrons. The van der Waals surface area contributed by atoms with Gasteiger partial charge in [0.1, 0.15) is 19.3 Å².